The third kappa shape index (κ3) is 4.87. The van der Waals surface area contributed by atoms with E-state index in [2.05, 4.69) is 10.4 Å². The Labute approximate surface area is 172 Å². The highest BCUT2D eigenvalue weighted by atomic mass is 19.4. The lowest BCUT2D eigenvalue weighted by Crippen LogP contribution is -2.31. The maximum Gasteiger partial charge on any atom is 0.416 e. The summed E-state index contributed by atoms with van der Waals surface area (Å²) in [6.45, 7) is 1.43. The van der Waals surface area contributed by atoms with Crippen LogP contribution in [-0.4, -0.2) is 15.7 Å². The number of carbonyl (C=O) groups excluding carboxylic acids is 1. The van der Waals surface area contributed by atoms with Crippen LogP contribution in [0.4, 0.5) is 27.6 Å². The molecule has 0 aliphatic carbocycles. The van der Waals surface area contributed by atoms with Gasteiger partial charge in [-0.25, -0.2) is 8.78 Å². The maximum absolute atomic E-state index is 14.0. The van der Waals surface area contributed by atoms with E-state index in [-0.39, 0.29) is 22.6 Å². The highest BCUT2D eigenvalue weighted by Crippen LogP contribution is 2.32. The second-order valence-corrected chi connectivity index (χ2v) is 6.65. The van der Waals surface area contributed by atoms with Gasteiger partial charge in [-0.1, -0.05) is 0 Å². The molecule has 11 heteroatoms. The zero-order valence-electron chi connectivity index (χ0n) is 15.9. The van der Waals surface area contributed by atoms with Gasteiger partial charge < -0.3 is 11.1 Å². The van der Waals surface area contributed by atoms with Crippen LogP contribution in [0.2, 0.25) is 0 Å². The molecule has 0 saturated carbocycles. The van der Waals surface area contributed by atoms with Crippen molar-refractivity contribution in [1.29, 1.82) is 0 Å². The fourth-order valence-electron chi connectivity index (χ4n) is 2.80. The smallest absolute Gasteiger partial charge is 0.399 e. The molecule has 0 radical (unpaired) electrons. The summed E-state index contributed by atoms with van der Waals surface area (Å²) >= 11 is 0. The van der Waals surface area contributed by atoms with Gasteiger partial charge in [-0.15, -0.1) is 0 Å². The van der Waals surface area contributed by atoms with Gasteiger partial charge >= 0.3 is 6.18 Å². The maximum atomic E-state index is 14.0. The molecule has 6 nitrogen and oxygen atoms in total. The number of halogens is 5. The number of hydrogen-bond acceptors (Lipinski definition) is 4. The summed E-state index contributed by atoms with van der Waals surface area (Å²) in [5, 5.41) is 6.23. The van der Waals surface area contributed by atoms with Crippen LogP contribution >= 0.6 is 0 Å². The standard InChI is InChI=1S/C20H15F5N4O2/c1-10(11-6-12(20(23,24)25)8-14(26)7-11)27-19(31)16-3-5-18(30)29(28-16)17-4-2-13(21)9-15(17)22/h2-10H,26H2,1H3,(H,27,31)/t10-/m1/s1. The Morgan fingerprint density at radius 2 is 1.81 bits per heavy atom. The molecule has 1 heterocycles. The molecule has 0 spiro atoms. The largest absolute Gasteiger partial charge is 0.416 e. The average Bonchev–Trinajstić information content (AvgIpc) is 2.67. The summed E-state index contributed by atoms with van der Waals surface area (Å²) in [7, 11) is 0. The van der Waals surface area contributed by atoms with E-state index in [1.54, 1.807) is 0 Å². The first kappa shape index (κ1) is 21.9. The first-order chi connectivity index (χ1) is 14.5. The predicted molar refractivity (Wildman–Crippen MR) is 101 cm³/mol. The lowest BCUT2D eigenvalue weighted by Gasteiger charge is -2.17. The van der Waals surface area contributed by atoms with Gasteiger partial charge in [-0.05, 0) is 48.9 Å². The minimum atomic E-state index is -4.62. The van der Waals surface area contributed by atoms with Crippen LogP contribution in [0.5, 0.6) is 0 Å². The van der Waals surface area contributed by atoms with Crippen molar-refractivity contribution in [3.8, 4) is 5.69 Å². The molecule has 0 fully saturated rings. The number of anilines is 1. The van der Waals surface area contributed by atoms with Crippen LogP contribution in [0.25, 0.3) is 5.69 Å². The minimum absolute atomic E-state index is 0.0959. The van der Waals surface area contributed by atoms with Crippen molar-refractivity contribution < 1.29 is 26.7 Å². The first-order valence-corrected chi connectivity index (χ1v) is 8.80. The average molecular weight is 438 g/mol. The van der Waals surface area contributed by atoms with Crippen molar-refractivity contribution in [2.75, 3.05) is 5.73 Å². The molecule has 1 atom stereocenters. The van der Waals surface area contributed by atoms with E-state index in [1.165, 1.54) is 13.0 Å². The van der Waals surface area contributed by atoms with E-state index in [1.807, 2.05) is 0 Å². The molecule has 0 aliphatic rings. The van der Waals surface area contributed by atoms with Crippen molar-refractivity contribution in [1.82, 2.24) is 15.1 Å². The quantitative estimate of drug-likeness (QED) is 0.481. The summed E-state index contributed by atoms with van der Waals surface area (Å²) in [5.74, 6) is -2.77. The Balaban J connectivity index is 1.89. The number of hydrogen-bond donors (Lipinski definition) is 2. The Morgan fingerprint density at radius 1 is 1.10 bits per heavy atom. The SMILES string of the molecule is C[C@@H](NC(=O)c1ccc(=O)n(-c2ccc(F)cc2F)n1)c1cc(N)cc(C(F)(F)F)c1. The Morgan fingerprint density at radius 3 is 2.45 bits per heavy atom. The van der Waals surface area contributed by atoms with Gasteiger partial charge in [0.25, 0.3) is 11.5 Å². The van der Waals surface area contributed by atoms with Gasteiger partial charge in [0, 0.05) is 17.8 Å². The molecule has 1 amide bonds. The number of amides is 1. The number of alkyl halides is 3. The molecule has 1 aromatic heterocycles. The van der Waals surface area contributed by atoms with Crippen molar-refractivity contribution in [3.63, 3.8) is 0 Å². The second kappa shape index (κ2) is 8.17. The Kier molecular flexibility index (Phi) is 5.78. The predicted octanol–water partition coefficient (Wildman–Crippen LogP) is 3.60. The summed E-state index contributed by atoms with van der Waals surface area (Å²) in [6, 6.07) is 6.48. The number of aromatic nitrogens is 2. The van der Waals surface area contributed by atoms with Gasteiger partial charge in [0.1, 0.15) is 17.2 Å². The molecule has 2 aromatic carbocycles. The number of benzene rings is 2. The monoisotopic (exact) mass is 438 g/mol. The summed E-state index contributed by atoms with van der Waals surface area (Å²) < 4.78 is 66.7. The number of nitrogens with one attached hydrogen (secondary N) is 1. The molecule has 0 unspecified atom stereocenters. The lowest BCUT2D eigenvalue weighted by atomic mass is 10.0. The zero-order valence-corrected chi connectivity index (χ0v) is 15.9. The molecule has 3 rings (SSSR count). The molecule has 31 heavy (non-hydrogen) atoms. The zero-order chi connectivity index (χ0) is 22.9. The van der Waals surface area contributed by atoms with Crippen LogP contribution in [0.15, 0.2) is 53.3 Å². The number of rotatable bonds is 4. The van der Waals surface area contributed by atoms with E-state index in [4.69, 9.17) is 5.73 Å². The second-order valence-electron chi connectivity index (χ2n) is 6.65. The molecule has 0 aliphatic heterocycles. The molecule has 162 valence electrons. The van der Waals surface area contributed by atoms with E-state index in [0.717, 1.165) is 36.4 Å². The molecular weight excluding hydrogens is 423 g/mol. The van der Waals surface area contributed by atoms with Gasteiger partial charge in [0.15, 0.2) is 5.82 Å². The van der Waals surface area contributed by atoms with Gasteiger partial charge in [-0.2, -0.15) is 23.0 Å². The fourth-order valence-corrected chi connectivity index (χ4v) is 2.80. The van der Waals surface area contributed by atoms with E-state index >= 15 is 0 Å². The minimum Gasteiger partial charge on any atom is -0.399 e. The molecule has 0 saturated heterocycles. The van der Waals surface area contributed by atoms with Gasteiger partial charge in [0.05, 0.1) is 11.6 Å². The number of carbonyl (C=O) groups is 1. The molecule has 0 bridgehead atoms. The highest BCUT2D eigenvalue weighted by Gasteiger charge is 2.31. The van der Waals surface area contributed by atoms with Gasteiger partial charge in [-0.3, -0.25) is 9.59 Å². The third-order valence-corrected chi connectivity index (χ3v) is 4.32. The van der Waals surface area contributed by atoms with Crippen LogP contribution in [-0.2, 0) is 6.18 Å². The summed E-state index contributed by atoms with van der Waals surface area (Å²) in [6.07, 6.45) is -4.62. The van der Waals surface area contributed by atoms with E-state index in [0.29, 0.717) is 10.7 Å². The normalized spacial score (nSPS) is 12.5. The van der Waals surface area contributed by atoms with Crippen LogP contribution in [0, 0.1) is 11.6 Å². The molecule has 3 N–H and O–H groups in total. The van der Waals surface area contributed by atoms with Crippen molar-refractivity contribution >= 4 is 11.6 Å². The van der Waals surface area contributed by atoms with Crippen molar-refractivity contribution in [3.05, 3.63) is 87.3 Å². The van der Waals surface area contributed by atoms with Crippen LogP contribution in [0.3, 0.4) is 0 Å². The molecule has 3 aromatic rings. The third-order valence-electron chi connectivity index (χ3n) is 4.32. The highest BCUT2D eigenvalue weighted by molar-refractivity contribution is 5.92. The number of nitrogens with two attached hydrogens (primary N) is 1. The fraction of sp³-hybridized carbons (Fsp3) is 0.150. The lowest BCUT2D eigenvalue weighted by molar-refractivity contribution is -0.137. The van der Waals surface area contributed by atoms with Gasteiger partial charge in [0.2, 0.25) is 0 Å². The summed E-state index contributed by atoms with van der Waals surface area (Å²) in [5.41, 5.74) is 3.06. The Bertz CT molecular complexity index is 1210. The number of nitrogens with zero attached hydrogens (tertiary/aromatic N) is 2. The topological polar surface area (TPSA) is 90.0 Å². The number of nitrogen functional groups attached to an aromatic ring is 1. The van der Waals surface area contributed by atoms with Crippen molar-refractivity contribution in [2.45, 2.75) is 19.1 Å². The summed E-state index contributed by atoms with van der Waals surface area (Å²) in [4.78, 5) is 24.6. The van der Waals surface area contributed by atoms with E-state index in [9.17, 15) is 31.5 Å². The van der Waals surface area contributed by atoms with Crippen molar-refractivity contribution in [2.24, 2.45) is 0 Å². The first-order valence-electron chi connectivity index (χ1n) is 8.80. The van der Waals surface area contributed by atoms with Crippen LogP contribution in [0.1, 0.15) is 34.6 Å². The Hall–Kier alpha value is -3.76. The molecular formula is C20H15F5N4O2. The van der Waals surface area contributed by atoms with E-state index < -0.39 is 40.9 Å². The van der Waals surface area contributed by atoms with Crippen LogP contribution < -0.4 is 16.6 Å².